The Kier molecular flexibility index (Phi) is 3.72. The SMILES string of the molecule is COC(=O)c1c2c(cn1C)S(=O)(=O)N[C@@H]([C@@H](C)O)C=C2. The maximum atomic E-state index is 12.3. The summed E-state index contributed by atoms with van der Waals surface area (Å²) in [5.41, 5.74) is 0.408. The molecule has 0 unspecified atom stereocenters. The minimum Gasteiger partial charge on any atom is -0.464 e. The minimum absolute atomic E-state index is 0.0141. The van der Waals surface area contributed by atoms with Gasteiger partial charge in [0.05, 0.1) is 19.3 Å². The molecule has 0 aliphatic carbocycles. The van der Waals surface area contributed by atoms with Crippen molar-refractivity contribution in [3.05, 3.63) is 23.5 Å². The van der Waals surface area contributed by atoms with Gasteiger partial charge in [-0.25, -0.2) is 17.9 Å². The fourth-order valence-electron chi connectivity index (χ4n) is 2.08. The minimum atomic E-state index is -3.82. The Morgan fingerprint density at radius 3 is 2.75 bits per heavy atom. The number of esters is 1. The van der Waals surface area contributed by atoms with Gasteiger partial charge in [-0.05, 0) is 6.92 Å². The number of ether oxygens (including phenoxy) is 1. The molecule has 0 fully saturated rings. The van der Waals surface area contributed by atoms with Crippen molar-refractivity contribution < 1.29 is 23.1 Å². The normalized spacial score (nSPS) is 21.9. The quantitative estimate of drug-likeness (QED) is 0.741. The summed E-state index contributed by atoms with van der Waals surface area (Å²) in [6, 6.07) is -0.747. The molecule has 0 bridgehead atoms. The number of sulfonamides is 1. The summed E-state index contributed by atoms with van der Waals surface area (Å²) in [6.45, 7) is 1.48. The van der Waals surface area contributed by atoms with Crippen LogP contribution in [0.25, 0.3) is 6.08 Å². The van der Waals surface area contributed by atoms with Crippen LogP contribution in [0.5, 0.6) is 0 Å². The van der Waals surface area contributed by atoms with E-state index in [0.29, 0.717) is 0 Å². The topological polar surface area (TPSA) is 97.6 Å². The first-order valence-corrected chi connectivity index (χ1v) is 7.42. The first-order chi connectivity index (χ1) is 9.27. The summed E-state index contributed by atoms with van der Waals surface area (Å²) in [5, 5.41) is 9.56. The Bertz CT molecular complexity index is 672. The van der Waals surface area contributed by atoms with Gasteiger partial charge in [-0.15, -0.1) is 0 Å². The van der Waals surface area contributed by atoms with E-state index in [1.54, 1.807) is 7.05 Å². The van der Waals surface area contributed by atoms with Gasteiger partial charge >= 0.3 is 5.97 Å². The fourth-order valence-corrected chi connectivity index (χ4v) is 3.60. The number of nitrogens with zero attached hydrogens (tertiary/aromatic N) is 1. The van der Waals surface area contributed by atoms with Crippen molar-refractivity contribution in [3.63, 3.8) is 0 Å². The van der Waals surface area contributed by atoms with Gasteiger partial charge in [0.1, 0.15) is 10.6 Å². The molecule has 2 rings (SSSR count). The van der Waals surface area contributed by atoms with Crippen molar-refractivity contribution in [2.45, 2.75) is 24.0 Å². The lowest BCUT2D eigenvalue weighted by Crippen LogP contribution is -2.39. The van der Waals surface area contributed by atoms with E-state index in [0.717, 1.165) is 0 Å². The summed E-state index contributed by atoms with van der Waals surface area (Å²) in [6.07, 6.45) is 3.48. The maximum absolute atomic E-state index is 12.3. The highest BCUT2D eigenvalue weighted by Crippen LogP contribution is 2.27. The zero-order valence-corrected chi connectivity index (χ0v) is 12.1. The highest BCUT2D eigenvalue weighted by molar-refractivity contribution is 7.89. The van der Waals surface area contributed by atoms with E-state index in [2.05, 4.69) is 9.46 Å². The highest BCUT2D eigenvalue weighted by Gasteiger charge is 2.31. The van der Waals surface area contributed by atoms with E-state index < -0.39 is 28.1 Å². The molecule has 1 aliphatic heterocycles. The van der Waals surface area contributed by atoms with Crippen LogP contribution in [0.4, 0.5) is 0 Å². The number of aromatic nitrogens is 1. The van der Waals surface area contributed by atoms with Gasteiger partial charge in [-0.2, -0.15) is 0 Å². The van der Waals surface area contributed by atoms with Gasteiger partial charge in [-0.1, -0.05) is 12.2 Å². The highest BCUT2D eigenvalue weighted by atomic mass is 32.2. The number of hydrogen-bond donors (Lipinski definition) is 2. The molecule has 0 saturated carbocycles. The smallest absolute Gasteiger partial charge is 0.355 e. The lowest BCUT2D eigenvalue weighted by Gasteiger charge is -2.15. The molecule has 2 N–H and O–H groups in total. The van der Waals surface area contributed by atoms with E-state index >= 15 is 0 Å². The lowest BCUT2D eigenvalue weighted by atomic mass is 10.1. The van der Waals surface area contributed by atoms with E-state index in [1.165, 1.54) is 36.9 Å². The largest absolute Gasteiger partial charge is 0.464 e. The molecule has 0 aromatic carbocycles. The van der Waals surface area contributed by atoms with Crippen LogP contribution >= 0.6 is 0 Å². The molecule has 2 atom stereocenters. The molecule has 8 heteroatoms. The van der Waals surface area contributed by atoms with E-state index in [-0.39, 0.29) is 16.2 Å². The monoisotopic (exact) mass is 300 g/mol. The molecule has 2 heterocycles. The Morgan fingerprint density at radius 1 is 1.55 bits per heavy atom. The van der Waals surface area contributed by atoms with E-state index in [4.69, 9.17) is 0 Å². The van der Waals surface area contributed by atoms with Gasteiger partial charge in [0.2, 0.25) is 10.0 Å². The van der Waals surface area contributed by atoms with Crippen LogP contribution in [0, 0.1) is 0 Å². The van der Waals surface area contributed by atoms with Crippen molar-refractivity contribution in [2.24, 2.45) is 7.05 Å². The fraction of sp³-hybridized carbons (Fsp3) is 0.417. The Labute approximate surface area is 116 Å². The van der Waals surface area contributed by atoms with Crippen LogP contribution in [-0.4, -0.2) is 43.3 Å². The second-order valence-electron chi connectivity index (χ2n) is 4.60. The molecular weight excluding hydrogens is 284 g/mol. The molecule has 0 saturated heterocycles. The molecule has 1 aromatic rings. The Morgan fingerprint density at radius 2 is 2.20 bits per heavy atom. The number of aliphatic hydroxyl groups excluding tert-OH is 1. The first-order valence-electron chi connectivity index (χ1n) is 5.94. The molecule has 20 heavy (non-hydrogen) atoms. The molecule has 7 nitrogen and oxygen atoms in total. The zero-order valence-electron chi connectivity index (χ0n) is 11.3. The summed E-state index contributed by atoms with van der Waals surface area (Å²) < 4.78 is 33.0. The van der Waals surface area contributed by atoms with Crippen molar-refractivity contribution in [1.82, 2.24) is 9.29 Å². The molecule has 110 valence electrons. The summed E-state index contributed by atoms with van der Waals surface area (Å²) >= 11 is 0. The van der Waals surface area contributed by atoms with Crippen LogP contribution in [0.2, 0.25) is 0 Å². The van der Waals surface area contributed by atoms with Gasteiger partial charge < -0.3 is 14.4 Å². The van der Waals surface area contributed by atoms with Crippen LogP contribution in [0.3, 0.4) is 0 Å². The summed E-state index contributed by atoms with van der Waals surface area (Å²) in [5.74, 6) is -0.621. The number of nitrogens with one attached hydrogen (secondary N) is 1. The average molecular weight is 300 g/mol. The standard InChI is InChI=1S/C12H16N2O5S/c1-7(15)9-5-4-8-10(20(17,18)13-9)6-14(2)11(8)12(16)19-3/h4-7,9,13,15H,1-3H3/t7-,9-/m1/s1. The number of rotatable bonds is 2. The first kappa shape index (κ1) is 14.8. The number of methoxy groups -OCH3 is 1. The van der Waals surface area contributed by atoms with Crippen molar-refractivity contribution >= 4 is 22.1 Å². The third-order valence-electron chi connectivity index (χ3n) is 3.13. The van der Waals surface area contributed by atoms with E-state index in [1.807, 2.05) is 0 Å². The molecule has 1 aliphatic rings. The van der Waals surface area contributed by atoms with Crippen LogP contribution in [0.15, 0.2) is 17.2 Å². The van der Waals surface area contributed by atoms with Gasteiger partial charge in [0.15, 0.2) is 0 Å². The predicted octanol–water partition coefficient (Wildman–Crippen LogP) is -0.134. The van der Waals surface area contributed by atoms with Crippen LogP contribution < -0.4 is 4.72 Å². The van der Waals surface area contributed by atoms with Gasteiger partial charge in [0, 0.05) is 18.8 Å². The van der Waals surface area contributed by atoms with E-state index in [9.17, 15) is 18.3 Å². The predicted molar refractivity (Wildman–Crippen MR) is 71.6 cm³/mol. The second kappa shape index (κ2) is 5.04. The number of aliphatic hydroxyl groups is 1. The van der Waals surface area contributed by atoms with Crippen LogP contribution in [-0.2, 0) is 21.8 Å². The lowest BCUT2D eigenvalue weighted by molar-refractivity contribution is 0.0589. The third kappa shape index (κ3) is 2.37. The molecule has 0 radical (unpaired) electrons. The molecule has 0 amide bonds. The maximum Gasteiger partial charge on any atom is 0.355 e. The third-order valence-corrected chi connectivity index (χ3v) is 4.62. The number of carbonyl (C=O) groups is 1. The van der Waals surface area contributed by atoms with Gasteiger partial charge in [-0.3, -0.25) is 0 Å². The van der Waals surface area contributed by atoms with Crippen molar-refractivity contribution in [3.8, 4) is 0 Å². The second-order valence-corrected chi connectivity index (χ2v) is 6.29. The van der Waals surface area contributed by atoms with Crippen molar-refractivity contribution in [1.29, 1.82) is 0 Å². The summed E-state index contributed by atoms with van der Waals surface area (Å²) in [7, 11) is -1.02. The van der Waals surface area contributed by atoms with Crippen molar-refractivity contribution in [2.75, 3.05) is 7.11 Å². The summed E-state index contributed by atoms with van der Waals surface area (Å²) in [4.78, 5) is 11.8. The molecular formula is C12H16N2O5S. The molecule has 1 aromatic heterocycles. The average Bonchev–Trinajstić information content (AvgIpc) is 2.64. The zero-order chi connectivity index (χ0) is 15.1. The number of hydrogen-bond acceptors (Lipinski definition) is 5. The molecule has 0 spiro atoms. The van der Waals surface area contributed by atoms with Gasteiger partial charge in [0.25, 0.3) is 0 Å². The Balaban J connectivity index is 2.66. The van der Waals surface area contributed by atoms with Crippen LogP contribution in [0.1, 0.15) is 23.0 Å². The number of aryl methyl sites for hydroxylation is 1. The number of fused-ring (bicyclic) bond motifs is 1. The number of carbonyl (C=O) groups excluding carboxylic acids is 1. The Hall–Kier alpha value is -1.64.